The van der Waals surface area contributed by atoms with Crippen LogP contribution in [0.25, 0.3) is 0 Å². The first-order chi connectivity index (χ1) is 6.24. The maximum Gasteiger partial charge on any atom is 0.412 e. The normalized spacial score (nSPS) is 9.38. The molecule has 0 atom stereocenters. The molecule has 1 aromatic heterocycles. The molecule has 0 aromatic carbocycles. The highest BCUT2D eigenvalue weighted by Gasteiger charge is 2.05. The number of nitrogens with one attached hydrogen (secondary N) is 1. The highest BCUT2D eigenvalue weighted by molar-refractivity contribution is 6.33. The van der Waals surface area contributed by atoms with Crippen molar-refractivity contribution in [1.29, 1.82) is 0 Å². The number of ether oxygens (including phenoxy) is 1. The van der Waals surface area contributed by atoms with Gasteiger partial charge in [0, 0.05) is 6.20 Å². The van der Waals surface area contributed by atoms with Gasteiger partial charge in [-0.05, 0) is 19.1 Å². The minimum atomic E-state index is -0.553. The molecule has 0 radical (unpaired) electrons. The molecule has 13 heavy (non-hydrogen) atoms. The molecule has 4 nitrogen and oxygen atoms in total. The highest BCUT2D eigenvalue weighted by Crippen LogP contribution is 2.17. The van der Waals surface area contributed by atoms with Crippen LogP contribution < -0.4 is 5.32 Å². The smallest absolute Gasteiger partial charge is 0.412 e. The Hall–Kier alpha value is -1.29. The molecule has 0 fully saturated rings. The summed E-state index contributed by atoms with van der Waals surface area (Å²) in [6.45, 7) is 2.04. The minimum absolute atomic E-state index is 0.308. The van der Waals surface area contributed by atoms with E-state index in [0.29, 0.717) is 17.4 Å². The zero-order chi connectivity index (χ0) is 9.68. The van der Waals surface area contributed by atoms with Crippen molar-refractivity contribution >= 4 is 23.5 Å². The predicted octanol–water partition coefficient (Wildman–Crippen LogP) is 2.30. The number of rotatable bonds is 2. The van der Waals surface area contributed by atoms with E-state index in [0.717, 1.165) is 0 Å². The third-order valence-corrected chi connectivity index (χ3v) is 1.56. The summed E-state index contributed by atoms with van der Waals surface area (Å²) >= 11 is 5.74. The molecule has 0 bridgehead atoms. The number of hydrogen-bond acceptors (Lipinski definition) is 3. The number of nitrogens with zero attached hydrogens (tertiary/aromatic N) is 1. The zero-order valence-corrected chi connectivity index (χ0v) is 7.84. The van der Waals surface area contributed by atoms with Crippen molar-refractivity contribution in [3.63, 3.8) is 0 Å². The molecular weight excluding hydrogens is 192 g/mol. The summed E-state index contributed by atoms with van der Waals surface area (Å²) in [5.41, 5.74) is 0. The Morgan fingerprint density at radius 2 is 2.54 bits per heavy atom. The lowest BCUT2D eigenvalue weighted by Gasteiger charge is -2.04. The van der Waals surface area contributed by atoms with Gasteiger partial charge in [0.1, 0.15) is 0 Å². The molecule has 70 valence electrons. The fourth-order valence-corrected chi connectivity index (χ4v) is 0.910. The molecule has 0 spiro atoms. The van der Waals surface area contributed by atoms with Gasteiger partial charge in [0.2, 0.25) is 0 Å². The van der Waals surface area contributed by atoms with E-state index < -0.39 is 6.09 Å². The van der Waals surface area contributed by atoms with Gasteiger partial charge in [-0.25, -0.2) is 9.78 Å². The lowest BCUT2D eigenvalue weighted by molar-refractivity contribution is 0.168. The van der Waals surface area contributed by atoms with Gasteiger partial charge in [-0.1, -0.05) is 11.6 Å². The lowest BCUT2D eigenvalue weighted by atomic mass is 10.4. The van der Waals surface area contributed by atoms with Crippen LogP contribution in [0.5, 0.6) is 0 Å². The number of carbonyl (C=O) groups excluding carboxylic acids is 1. The molecule has 1 rings (SSSR count). The van der Waals surface area contributed by atoms with Crippen molar-refractivity contribution in [2.75, 3.05) is 11.9 Å². The Labute approximate surface area is 80.9 Å². The van der Waals surface area contributed by atoms with Gasteiger partial charge in [-0.3, -0.25) is 5.32 Å². The lowest BCUT2D eigenvalue weighted by Crippen LogP contribution is -2.14. The van der Waals surface area contributed by atoms with Crippen LogP contribution in [-0.4, -0.2) is 17.7 Å². The fraction of sp³-hybridized carbons (Fsp3) is 0.250. The number of hydrogen-bond donors (Lipinski definition) is 1. The third-order valence-electron chi connectivity index (χ3n) is 1.25. The van der Waals surface area contributed by atoms with E-state index in [2.05, 4.69) is 15.0 Å². The van der Waals surface area contributed by atoms with Crippen LogP contribution in [0.3, 0.4) is 0 Å². The molecule has 0 saturated heterocycles. The first-order valence-corrected chi connectivity index (χ1v) is 4.16. The Kier molecular flexibility index (Phi) is 3.52. The summed E-state index contributed by atoms with van der Waals surface area (Å²) in [6, 6.07) is 3.31. The van der Waals surface area contributed by atoms with Crippen molar-refractivity contribution in [3.8, 4) is 0 Å². The second-order valence-corrected chi connectivity index (χ2v) is 2.59. The number of amides is 1. The first-order valence-electron chi connectivity index (χ1n) is 3.78. The van der Waals surface area contributed by atoms with Gasteiger partial charge in [0.25, 0.3) is 0 Å². The highest BCUT2D eigenvalue weighted by atomic mass is 35.5. The van der Waals surface area contributed by atoms with E-state index in [9.17, 15) is 4.79 Å². The van der Waals surface area contributed by atoms with Gasteiger partial charge in [0.05, 0.1) is 11.6 Å². The van der Waals surface area contributed by atoms with Crippen molar-refractivity contribution in [2.24, 2.45) is 0 Å². The maximum absolute atomic E-state index is 10.9. The number of anilines is 1. The first kappa shape index (κ1) is 9.80. The van der Waals surface area contributed by atoms with Crippen molar-refractivity contribution < 1.29 is 9.53 Å². The van der Waals surface area contributed by atoms with Crippen LogP contribution in [0.1, 0.15) is 6.92 Å². The second-order valence-electron chi connectivity index (χ2n) is 2.18. The number of aromatic nitrogens is 1. The third kappa shape index (κ3) is 2.91. The van der Waals surface area contributed by atoms with Crippen molar-refractivity contribution in [3.05, 3.63) is 23.4 Å². The van der Waals surface area contributed by atoms with E-state index >= 15 is 0 Å². The summed E-state index contributed by atoms with van der Waals surface area (Å²) in [6.07, 6.45) is 0.982. The monoisotopic (exact) mass is 200 g/mol. The Morgan fingerprint density at radius 1 is 1.77 bits per heavy atom. The fourth-order valence-electron chi connectivity index (χ4n) is 0.742. The van der Waals surface area contributed by atoms with E-state index in [1.165, 1.54) is 6.20 Å². The average Bonchev–Trinajstić information content (AvgIpc) is 2.09. The average molecular weight is 201 g/mol. The number of pyridine rings is 1. The van der Waals surface area contributed by atoms with Crippen LogP contribution >= 0.6 is 11.6 Å². The molecule has 0 unspecified atom stereocenters. The zero-order valence-electron chi connectivity index (χ0n) is 7.08. The maximum atomic E-state index is 10.9. The largest absolute Gasteiger partial charge is 0.450 e. The van der Waals surface area contributed by atoms with E-state index in [4.69, 9.17) is 11.6 Å². The van der Waals surface area contributed by atoms with Crippen LogP contribution in [-0.2, 0) is 4.74 Å². The van der Waals surface area contributed by atoms with Gasteiger partial charge in [0.15, 0.2) is 5.82 Å². The standard InChI is InChI=1S/C8H9ClN2O2/c1-2-13-8(12)11-7-6(9)4-3-5-10-7/h3-5H,2H2,1H3,(H,10,11,12). The molecule has 0 saturated carbocycles. The van der Waals surface area contributed by atoms with E-state index in [-0.39, 0.29) is 0 Å². The van der Waals surface area contributed by atoms with Gasteiger partial charge >= 0.3 is 6.09 Å². The molecule has 1 heterocycles. The van der Waals surface area contributed by atoms with Crippen LogP contribution in [0.2, 0.25) is 5.02 Å². The predicted molar refractivity (Wildman–Crippen MR) is 49.9 cm³/mol. The summed E-state index contributed by atoms with van der Waals surface area (Å²) in [4.78, 5) is 14.8. The number of carbonyl (C=O) groups is 1. The van der Waals surface area contributed by atoms with Crippen LogP contribution in [0.4, 0.5) is 10.6 Å². The summed E-state index contributed by atoms with van der Waals surface area (Å²) < 4.78 is 4.65. The van der Waals surface area contributed by atoms with Crippen LogP contribution in [0.15, 0.2) is 18.3 Å². The topological polar surface area (TPSA) is 51.2 Å². The molecule has 1 aromatic rings. The Morgan fingerprint density at radius 3 is 3.15 bits per heavy atom. The molecule has 5 heteroatoms. The molecule has 0 aliphatic rings. The van der Waals surface area contributed by atoms with Gasteiger partial charge < -0.3 is 4.74 Å². The molecule has 1 amide bonds. The molecule has 1 N–H and O–H groups in total. The molecule has 0 aliphatic heterocycles. The molecule has 0 aliphatic carbocycles. The second kappa shape index (κ2) is 4.67. The SMILES string of the molecule is CCOC(=O)Nc1ncccc1Cl. The van der Waals surface area contributed by atoms with E-state index in [1.54, 1.807) is 19.1 Å². The minimum Gasteiger partial charge on any atom is -0.450 e. The van der Waals surface area contributed by atoms with Gasteiger partial charge in [-0.15, -0.1) is 0 Å². The Bertz CT molecular complexity index is 304. The van der Waals surface area contributed by atoms with Gasteiger partial charge in [-0.2, -0.15) is 0 Å². The van der Waals surface area contributed by atoms with E-state index in [1.807, 2.05) is 0 Å². The van der Waals surface area contributed by atoms with Crippen molar-refractivity contribution in [2.45, 2.75) is 6.92 Å². The summed E-state index contributed by atoms with van der Waals surface area (Å²) in [5.74, 6) is 0.308. The quantitative estimate of drug-likeness (QED) is 0.797. The summed E-state index contributed by atoms with van der Waals surface area (Å²) in [7, 11) is 0. The number of halogens is 1. The van der Waals surface area contributed by atoms with Crippen LogP contribution in [0, 0.1) is 0 Å². The van der Waals surface area contributed by atoms with Crippen molar-refractivity contribution in [1.82, 2.24) is 4.98 Å². The summed E-state index contributed by atoms with van der Waals surface area (Å²) in [5, 5.41) is 2.79. The Balaban J connectivity index is 2.63. The molecular formula is C8H9ClN2O2.